The fourth-order valence-corrected chi connectivity index (χ4v) is 1.66. The number of hydrogen-bond acceptors (Lipinski definition) is 3. The van der Waals surface area contributed by atoms with E-state index in [0.29, 0.717) is 6.42 Å². The van der Waals surface area contributed by atoms with E-state index in [1.807, 2.05) is 30.3 Å². The number of benzene rings is 1. The summed E-state index contributed by atoms with van der Waals surface area (Å²) in [7, 11) is 0. The molecule has 0 unspecified atom stereocenters. The first-order chi connectivity index (χ1) is 9.31. The molecule has 0 spiro atoms. The lowest BCUT2D eigenvalue weighted by molar-refractivity contribution is -0.116. The van der Waals surface area contributed by atoms with Crippen molar-refractivity contribution < 1.29 is 14.3 Å². The number of nitrogens with one attached hydrogen (secondary N) is 1. The molecule has 0 heterocycles. The molecule has 0 aromatic heterocycles. The summed E-state index contributed by atoms with van der Waals surface area (Å²) >= 11 is 0. The zero-order valence-electron chi connectivity index (χ0n) is 12.2. The van der Waals surface area contributed by atoms with E-state index >= 15 is 0 Å². The Balaban J connectivity index is 2.73. The number of carbonyl (C=O) groups is 2. The number of alkyl carbamates (subject to hydrolysis) is 1. The molecule has 0 saturated heterocycles. The van der Waals surface area contributed by atoms with E-state index in [9.17, 15) is 9.59 Å². The third kappa shape index (κ3) is 5.69. The number of carbonyl (C=O) groups excluding carboxylic acids is 2. The summed E-state index contributed by atoms with van der Waals surface area (Å²) in [5.74, 6) is -0.236. The maximum absolute atomic E-state index is 11.8. The molecule has 4 nitrogen and oxygen atoms in total. The number of hydrogen-bond donors (Lipinski definition) is 1. The van der Waals surface area contributed by atoms with Gasteiger partial charge in [0.1, 0.15) is 5.60 Å². The first kappa shape index (κ1) is 16.0. The molecule has 1 rings (SSSR count). The normalized spacial score (nSPS) is 12.3. The summed E-state index contributed by atoms with van der Waals surface area (Å²) in [5, 5.41) is 2.59. The van der Waals surface area contributed by atoms with Gasteiger partial charge in [0.2, 0.25) is 0 Å². The molecule has 0 radical (unpaired) electrons. The molecule has 0 saturated carbocycles. The van der Waals surface area contributed by atoms with Gasteiger partial charge in [-0.3, -0.25) is 4.79 Å². The van der Waals surface area contributed by atoms with Crippen LogP contribution in [0.5, 0.6) is 0 Å². The summed E-state index contributed by atoms with van der Waals surface area (Å²) in [5.41, 5.74) is 0.363. The molecule has 0 aliphatic rings. The number of ether oxygens (including phenoxy) is 1. The van der Waals surface area contributed by atoms with Gasteiger partial charge >= 0.3 is 6.09 Å². The van der Waals surface area contributed by atoms with Crippen molar-refractivity contribution in [3.05, 3.63) is 48.6 Å². The zero-order valence-corrected chi connectivity index (χ0v) is 12.2. The van der Waals surface area contributed by atoms with Crippen LogP contribution in [0.25, 0.3) is 0 Å². The van der Waals surface area contributed by atoms with Crippen LogP contribution in [0.3, 0.4) is 0 Å². The summed E-state index contributed by atoms with van der Waals surface area (Å²) < 4.78 is 5.16. The van der Waals surface area contributed by atoms with Gasteiger partial charge in [-0.2, -0.15) is 0 Å². The summed E-state index contributed by atoms with van der Waals surface area (Å²) in [6.07, 6.45) is 1.02. The Morgan fingerprint density at radius 1 is 1.30 bits per heavy atom. The lowest BCUT2D eigenvalue weighted by atomic mass is 10.0. The molecule has 0 bridgehead atoms. The highest BCUT2D eigenvalue weighted by Gasteiger charge is 2.22. The minimum absolute atomic E-state index is 0.236. The topological polar surface area (TPSA) is 55.4 Å². The smallest absolute Gasteiger partial charge is 0.408 e. The highest BCUT2D eigenvalue weighted by atomic mass is 16.6. The molecule has 1 amide bonds. The summed E-state index contributed by atoms with van der Waals surface area (Å²) in [6, 6.07) is 8.82. The van der Waals surface area contributed by atoms with Crippen LogP contribution in [0.15, 0.2) is 43.0 Å². The Kier molecular flexibility index (Phi) is 5.50. The average molecular weight is 275 g/mol. The maximum atomic E-state index is 11.8. The number of amides is 1. The highest BCUT2D eigenvalue weighted by Crippen LogP contribution is 2.09. The van der Waals surface area contributed by atoms with Crippen molar-refractivity contribution in [1.29, 1.82) is 0 Å². The van der Waals surface area contributed by atoms with Gasteiger partial charge in [-0.15, -0.1) is 0 Å². The van der Waals surface area contributed by atoms with Crippen molar-refractivity contribution in [1.82, 2.24) is 5.32 Å². The van der Waals surface area contributed by atoms with Crippen LogP contribution in [0, 0.1) is 0 Å². The third-order valence-electron chi connectivity index (χ3n) is 2.52. The predicted octanol–water partition coefficient (Wildman–Crippen LogP) is 2.88. The first-order valence-electron chi connectivity index (χ1n) is 6.51. The highest BCUT2D eigenvalue weighted by molar-refractivity contribution is 5.96. The van der Waals surface area contributed by atoms with E-state index in [2.05, 4.69) is 11.9 Å². The van der Waals surface area contributed by atoms with Crippen molar-refractivity contribution in [2.45, 2.75) is 38.8 Å². The van der Waals surface area contributed by atoms with E-state index in [4.69, 9.17) is 4.74 Å². The molecule has 1 atom stereocenters. The van der Waals surface area contributed by atoms with Gasteiger partial charge in [-0.1, -0.05) is 36.9 Å². The fourth-order valence-electron chi connectivity index (χ4n) is 1.66. The predicted molar refractivity (Wildman–Crippen MR) is 78.5 cm³/mol. The van der Waals surface area contributed by atoms with Crippen LogP contribution >= 0.6 is 0 Å². The lowest BCUT2D eigenvalue weighted by Crippen LogP contribution is -2.44. The monoisotopic (exact) mass is 275 g/mol. The van der Waals surface area contributed by atoms with Gasteiger partial charge in [0.25, 0.3) is 0 Å². The Morgan fingerprint density at radius 2 is 1.90 bits per heavy atom. The lowest BCUT2D eigenvalue weighted by Gasteiger charge is -2.22. The van der Waals surface area contributed by atoms with Crippen LogP contribution in [0.1, 0.15) is 26.3 Å². The Bertz CT molecular complexity index is 474. The van der Waals surface area contributed by atoms with Crippen LogP contribution in [-0.2, 0) is 16.0 Å². The van der Waals surface area contributed by atoms with Gasteiger partial charge in [0.15, 0.2) is 5.78 Å². The minimum atomic E-state index is -0.662. The fraction of sp³-hybridized carbons (Fsp3) is 0.375. The van der Waals surface area contributed by atoms with Crippen LogP contribution < -0.4 is 5.32 Å². The maximum Gasteiger partial charge on any atom is 0.408 e. The average Bonchev–Trinajstić information content (AvgIpc) is 2.36. The molecule has 108 valence electrons. The number of rotatable bonds is 5. The van der Waals surface area contributed by atoms with Crippen LogP contribution in [-0.4, -0.2) is 23.5 Å². The van der Waals surface area contributed by atoms with E-state index in [1.165, 1.54) is 6.08 Å². The van der Waals surface area contributed by atoms with E-state index in [0.717, 1.165) is 5.56 Å². The van der Waals surface area contributed by atoms with Gasteiger partial charge in [0.05, 0.1) is 6.04 Å². The molecule has 1 aromatic carbocycles. The standard InChI is InChI=1S/C16H21NO3/c1-5-14(18)13(11-12-9-7-6-8-10-12)17-15(19)20-16(2,3)4/h5-10,13H,1,11H2,2-4H3,(H,17,19)/t13-/m0/s1. The van der Waals surface area contributed by atoms with Gasteiger partial charge in [0, 0.05) is 6.42 Å². The molecule has 0 fully saturated rings. The summed E-state index contributed by atoms with van der Waals surface area (Å²) in [4.78, 5) is 23.6. The van der Waals surface area contributed by atoms with Gasteiger partial charge in [-0.25, -0.2) is 4.79 Å². The number of ketones is 1. The Labute approximate surface area is 119 Å². The second-order valence-corrected chi connectivity index (χ2v) is 5.50. The minimum Gasteiger partial charge on any atom is -0.444 e. The Morgan fingerprint density at radius 3 is 2.40 bits per heavy atom. The molecule has 20 heavy (non-hydrogen) atoms. The van der Waals surface area contributed by atoms with Gasteiger partial charge < -0.3 is 10.1 Å². The van der Waals surface area contributed by atoms with Crippen LogP contribution in [0.4, 0.5) is 4.79 Å². The second kappa shape index (κ2) is 6.89. The van der Waals surface area contributed by atoms with Gasteiger partial charge in [-0.05, 0) is 32.4 Å². The largest absolute Gasteiger partial charge is 0.444 e. The molecule has 0 aliphatic heterocycles. The van der Waals surface area contributed by atoms with E-state index < -0.39 is 17.7 Å². The van der Waals surface area contributed by atoms with Crippen molar-refractivity contribution in [2.24, 2.45) is 0 Å². The molecule has 1 aromatic rings. The van der Waals surface area contributed by atoms with Crippen molar-refractivity contribution in [3.63, 3.8) is 0 Å². The van der Waals surface area contributed by atoms with E-state index in [-0.39, 0.29) is 5.78 Å². The Hall–Kier alpha value is -2.10. The zero-order chi connectivity index (χ0) is 15.2. The second-order valence-electron chi connectivity index (χ2n) is 5.50. The quantitative estimate of drug-likeness (QED) is 0.841. The SMILES string of the molecule is C=CC(=O)[C@H](Cc1ccccc1)NC(=O)OC(C)(C)C. The summed E-state index contributed by atoms with van der Waals surface area (Å²) in [6.45, 7) is 8.78. The van der Waals surface area contributed by atoms with Crippen molar-refractivity contribution >= 4 is 11.9 Å². The third-order valence-corrected chi connectivity index (χ3v) is 2.52. The molecular weight excluding hydrogens is 254 g/mol. The molecule has 0 aliphatic carbocycles. The molecule has 4 heteroatoms. The van der Waals surface area contributed by atoms with Crippen molar-refractivity contribution in [3.8, 4) is 0 Å². The molecular formula is C16H21NO3. The van der Waals surface area contributed by atoms with Crippen molar-refractivity contribution in [2.75, 3.05) is 0 Å². The first-order valence-corrected chi connectivity index (χ1v) is 6.51. The van der Waals surface area contributed by atoms with Crippen LogP contribution in [0.2, 0.25) is 0 Å². The van der Waals surface area contributed by atoms with E-state index in [1.54, 1.807) is 20.8 Å². The molecule has 1 N–H and O–H groups in total.